The summed E-state index contributed by atoms with van der Waals surface area (Å²) in [6.07, 6.45) is 5.11. The van der Waals surface area contributed by atoms with E-state index in [9.17, 15) is 9.59 Å². The van der Waals surface area contributed by atoms with Crippen LogP contribution < -0.4 is 5.32 Å². The van der Waals surface area contributed by atoms with E-state index in [1.54, 1.807) is 0 Å². The lowest BCUT2D eigenvalue weighted by molar-refractivity contribution is -0.131. The molecule has 0 atom stereocenters. The molecule has 1 N–H and O–H groups in total. The van der Waals surface area contributed by atoms with Gasteiger partial charge in [0.2, 0.25) is 5.91 Å². The van der Waals surface area contributed by atoms with E-state index in [-0.39, 0.29) is 5.91 Å². The van der Waals surface area contributed by atoms with E-state index in [1.807, 2.05) is 25.7 Å². The van der Waals surface area contributed by atoms with Gasteiger partial charge in [0.15, 0.2) is 0 Å². The molecule has 0 bridgehead atoms. The first-order valence-corrected chi connectivity index (χ1v) is 7.74. The predicted octanol–water partition coefficient (Wildman–Crippen LogP) is 2.86. The van der Waals surface area contributed by atoms with E-state index in [2.05, 4.69) is 18.3 Å². The van der Waals surface area contributed by atoms with Gasteiger partial charge in [0, 0.05) is 26.1 Å². The van der Waals surface area contributed by atoms with Gasteiger partial charge in [-0.15, -0.1) is 0 Å². The van der Waals surface area contributed by atoms with Crippen molar-refractivity contribution in [3.05, 3.63) is 11.6 Å². The van der Waals surface area contributed by atoms with Crippen LogP contribution in [-0.4, -0.2) is 42.1 Å². The van der Waals surface area contributed by atoms with Crippen molar-refractivity contribution in [3.63, 3.8) is 0 Å². The normalized spacial score (nSPS) is 15.4. The van der Waals surface area contributed by atoms with Crippen LogP contribution in [0, 0.1) is 0 Å². The molecule has 0 fully saturated rings. The standard InChI is InChI=1S/C16H28N2O3/c1-5-6-9-14(19)18-10-7-8-13(12-18)11-17-15(20)21-16(2,3)4/h8H,5-7,9-12H2,1-4H3,(H,17,20). The number of rotatable bonds is 5. The smallest absolute Gasteiger partial charge is 0.407 e. The van der Waals surface area contributed by atoms with E-state index >= 15 is 0 Å². The van der Waals surface area contributed by atoms with Crippen molar-refractivity contribution < 1.29 is 14.3 Å². The zero-order valence-corrected chi connectivity index (χ0v) is 13.7. The Morgan fingerprint density at radius 3 is 2.71 bits per heavy atom. The molecule has 1 aliphatic rings. The van der Waals surface area contributed by atoms with Gasteiger partial charge in [-0.25, -0.2) is 4.79 Å². The molecule has 0 aromatic carbocycles. The molecule has 0 aromatic rings. The Bertz CT molecular complexity index is 397. The molecular weight excluding hydrogens is 268 g/mol. The first-order chi connectivity index (χ1) is 9.81. The Labute approximate surface area is 127 Å². The number of nitrogens with zero attached hydrogens (tertiary/aromatic N) is 1. The summed E-state index contributed by atoms with van der Waals surface area (Å²) in [6, 6.07) is 0. The highest BCUT2D eigenvalue weighted by Crippen LogP contribution is 2.12. The Morgan fingerprint density at radius 1 is 1.38 bits per heavy atom. The molecule has 5 heteroatoms. The average Bonchev–Trinajstić information content (AvgIpc) is 2.41. The van der Waals surface area contributed by atoms with Crippen LogP contribution in [0.25, 0.3) is 0 Å². The van der Waals surface area contributed by atoms with Crippen molar-refractivity contribution in [1.29, 1.82) is 0 Å². The minimum atomic E-state index is -0.493. The number of hydrogen-bond acceptors (Lipinski definition) is 3. The fourth-order valence-corrected chi connectivity index (χ4v) is 2.14. The highest BCUT2D eigenvalue weighted by Gasteiger charge is 2.19. The number of amides is 2. The Kier molecular flexibility index (Phi) is 6.72. The summed E-state index contributed by atoms with van der Waals surface area (Å²) in [5.74, 6) is 0.208. The van der Waals surface area contributed by atoms with Crippen molar-refractivity contribution >= 4 is 12.0 Å². The molecule has 21 heavy (non-hydrogen) atoms. The molecule has 0 aliphatic carbocycles. The first kappa shape index (κ1) is 17.5. The predicted molar refractivity (Wildman–Crippen MR) is 83.0 cm³/mol. The molecule has 1 heterocycles. The van der Waals surface area contributed by atoms with Crippen molar-refractivity contribution in [2.45, 2.75) is 59.0 Å². The Hall–Kier alpha value is -1.52. The number of alkyl carbamates (subject to hydrolysis) is 1. The highest BCUT2D eigenvalue weighted by atomic mass is 16.6. The van der Waals surface area contributed by atoms with Crippen LogP contribution in [0.4, 0.5) is 4.79 Å². The first-order valence-electron chi connectivity index (χ1n) is 7.74. The molecule has 0 radical (unpaired) electrons. The zero-order chi connectivity index (χ0) is 15.9. The maximum Gasteiger partial charge on any atom is 0.407 e. The molecule has 1 rings (SSSR count). The minimum Gasteiger partial charge on any atom is -0.444 e. The summed E-state index contributed by atoms with van der Waals surface area (Å²) in [4.78, 5) is 25.5. The van der Waals surface area contributed by atoms with Gasteiger partial charge in [-0.05, 0) is 39.2 Å². The fraction of sp³-hybridized carbons (Fsp3) is 0.750. The van der Waals surface area contributed by atoms with Crippen molar-refractivity contribution in [3.8, 4) is 0 Å². The third kappa shape index (κ3) is 7.16. The second-order valence-corrected chi connectivity index (χ2v) is 6.43. The second-order valence-electron chi connectivity index (χ2n) is 6.43. The van der Waals surface area contributed by atoms with Gasteiger partial charge in [-0.3, -0.25) is 4.79 Å². The van der Waals surface area contributed by atoms with Crippen molar-refractivity contribution in [2.24, 2.45) is 0 Å². The van der Waals surface area contributed by atoms with Crippen LogP contribution in [0.5, 0.6) is 0 Å². The van der Waals surface area contributed by atoms with Crippen LogP contribution in [-0.2, 0) is 9.53 Å². The summed E-state index contributed by atoms with van der Waals surface area (Å²) in [5, 5.41) is 2.74. The van der Waals surface area contributed by atoms with Gasteiger partial charge in [0.25, 0.3) is 0 Å². The van der Waals surface area contributed by atoms with Crippen LogP contribution in [0.15, 0.2) is 11.6 Å². The zero-order valence-electron chi connectivity index (χ0n) is 13.7. The van der Waals surface area contributed by atoms with E-state index in [1.165, 1.54) is 0 Å². The molecule has 0 saturated heterocycles. The maximum atomic E-state index is 12.0. The molecule has 2 amide bonds. The lowest BCUT2D eigenvalue weighted by Gasteiger charge is -2.28. The third-order valence-electron chi connectivity index (χ3n) is 3.18. The summed E-state index contributed by atoms with van der Waals surface area (Å²) in [6.45, 7) is 9.41. The lowest BCUT2D eigenvalue weighted by atomic mass is 10.1. The summed E-state index contributed by atoms with van der Waals surface area (Å²) < 4.78 is 5.20. The van der Waals surface area contributed by atoms with Crippen LogP contribution in [0.1, 0.15) is 53.4 Å². The molecule has 0 spiro atoms. The summed E-state index contributed by atoms with van der Waals surface area (Å²) in [5.41, 5.74) is 0.574. The minimum absolute atomic E-state index is 0.208. The van der Waals surface area contributed by atoms with E-state index in [0.717, 1.165) is 31.4 Å². The van der Waals surface area contributed by atoms with Gasteiger partial charge in [-0.1, -0.05) is 19.4 Å². The number of hydrogen-bond donors (Lipinski definition) is 1. The average molecular weight is 296 g/mol. The Morgan fingerprint density at radius 2 is 2.10 bits per heavy atom. The third-order valence-corrected chi connectivity index (χ3v) is 3.18. The maximum absolute atomic E-state index is 12.0. The lowest BCUT2D eigenvalue weighted by Crippen LogP contribution is -2.39. The molecule has 1 aliphatic heterocycles. The number of carbonyl (C=O) groups is 2. The quantitative estimate of drug-likeness (QED) is 0.794. The Balaban J connectivity index is 2.38. The number of unbranched alkanes of at least 4 members (excludes halogenated alkanes) is 1. The largest absolute Gasteiger partial charge is 0.444 e. The monoisotopic (exact) mass is 296 g/mol. The van der Waals surface area contributed by atoms with E-state index in [0.29, 0.717) is 19.5 Å². The number of ether oxygens (including phenoxy) is 1. The van der Waals surface area contributed by atoms with Crippen LogP contribution >= 0.6 is 0 Å². The molecule has 0 aromatic heterocycles. The van der Waals surface area contributed by atoms with Gasteiger partial charge in [-0.2, -0.15) is 0 Å². The van der Waals surface area contributed by atoms with E-state index in [4.69, 9.17) is 4.74 Å². The SMILES string of the molecule is CCCCC(=O)N1CCC=C(CNC(=O)OC(C)(C)C)C1. The summed E-state index contributed by atoms with van der Waals surface area (Å²) in [7, 11) is 0. The molecular formula is C16H28N2O3. The number of carbonyl (C=O) groups excluding carboxylic acids is 2. The van der Waals surface area contributed by atoms with Gasteiger partial charge in [0.05, 0.1) is 0 Å². The van der Waals surface area contributed by atoms with Gasteiger partial charge >= 0.3 is 6.09 Å². The topological polar surface area (TPSA) is 58.6 Å². The van der Waals surface area contributed by atoms with E-state index < -0.39 is 11.7 Å². The molecule has 0 saturated carbocycles. The van der Waals surface area contributed by atoms with Crippen molar-refractivity contribution in [1.82, 2.24) is 10.2 Å². The highest BCUT2D eigenvalue weighted by molar-refractivity contribution is 5.76. The second kappa shape index (κ2) is 8.05. The molecule has 0 unspecified atom stereocenters. The fourth-order valence-electron chi connectivity index (χ4n) is 2.14. The van der Waals surface area contributed by atoms with Gasteiger partial charge in [0.1, 0.15) is 5.60 Å². The molecule has 120 valence electrons. The van der Waals surface area contributed by atoms with Crippen molar-refractivity contribution in [2.75, 3.05) is 19.6 Å². The van der Waals surface area contributed by atoms with Crippen LogP contribution in [0.3, 0.4) is 0 Å². The molecule has 5 nitrogen and oxygen atoms in total. The summed E-state index contributed by atoms with van der Waals surface area (Å²) >= 11 is 0. The number of nitrogens with one attached hydrogen (secondary N) is 1. The van der Waals surface area contributed by atoms with Crippen LogP contribution in [0.2, 0.25) is 0 Å². The van der Waals surface area contributed by atoms with Gasteiger partial charge < -0.3 is 15.0 Å².